The van der Waals surface area contributed by atoms with Crippen LogP contribution in [0.5, 0.6) is 0 Å². The standard InChI is InChI=1S/C8H16N4O2S.ClH/c1-5(4-9)12-15(13,14)8-6(2)10-11-7(8)3;/h5,12H,4,9H2,1-3H3,(H,10,11);1H/t5-;/m1./s1. The summed E-state index contributed by atoms with van der Waals surface area (Å²) in [7, 11) is -3.51. The number of nitrogens with zero attached hydrogens (tertiary/aromatic N) is 1. The van der Waals surface area contributed by atoms with Crippen LogP contribution in [-0.4, -0.2) is 31.2 Å². The van der Waals surface area contributed by atoms with Crippen LogP contribution in [0.15, 0.2) is 4.90 Å². The van der Waals surface area contributed by atoms with Crippen LogP contribution in [0, 0.1) is 13.8 Å². The molecule has 1 heterocycles. The van der Waals surface area contributed by atoms with Crippen LogP contribution in [0.2, 0.25) is 0 Å². The molecule has 1 rings (SSSR count). The lowest BCUT2D eigenvalue weighted by molar-refractivity contribution is 0.561. The summed E-state index contributed by atoms with van der Waals surface area (Å²) >= 11 is 0. The first-order chi connectivity index (χ1) is 6.88. The molecule has 0 bridgehead atoms. The number of aromatic amines is 1. The monoisotopic (exact) mass is 268 g/mol. The van der Waals surface area contributed by atoms with Crippen molar-refractivity contribution in [2.24, 2.45) is 5.73 Å². The number of aromatic nitrogens is 2. The van der Waals surface area contributed by atoms with E-state index in [4.69, 9.17) is 5.73 Å². The Morgan fingerprint density at radius 1 is 1.50 bits per heavy atom. The van der Waals surface area contributed by atoms with Gasteiger partial charge in [0.25, 0.3) is 0 Å². The van der Waals surface area contributed by atoms with Gasteiger partial charge in [0.05, 0.1) is 11.4 Å². The zero-order valence-corrected chi connectivity index (χ0v) is 11.1. The van der Waals surface area contributed by atoms with Crippen LogP contribution in [0.25, 0.3) is 0 Å². The van der Waals surface area contributed by atoms with Crippen LogP contribution < -0.4 is 10.5 Å². The largest absolute Gasteiger partial charge is 0.329 e. The molecule has 8 heteroatoms. The van der Waals surface area contributed by atoms with E-state index in [9.17, 15) is 8.42 Å². The maximum absolute atomic E-state index is 11.9. The highest BCUT2D eigenvalue weighted by atomic mass is 35.5. The number of H-pyrrole nitrogens is 1. The summed E-state index contributed by atoms with van der Waals surface area (Å²) in [6.45, 7) is 5.28. The number of nitrogens with two attached hydrogens (primary N) is 1. The van der Waals surface area contributed by atoms with Crippen LogP contribution >= 0.6 is 12.4 Å². The Hall–Kier alpha value is -0.630. The SMILES string of the molecule is Cc1n[nH]c(C)c1S(=O)(=O)N[C@H](C)CN.Cl. The topological polar surface area (TPSA) is 101 Å². The summed E-state index contributed by atoms with van der Waals surface area (Å²) in [4.78, 5) is 0.211. The summed E-state index contributed by atoms with van der Waals surface area (Å²) in [5, 5.41) is 6.47. The molecule has 0 aliphatic carbocycles. The lowest BCUT2D eigenvalue weighted by Gasteiger charge is -2.11. The van der Waals surface area contributed by atoms with E-state index in [2.05, 4.69) is 14.9 Å². The van der Waals surface area contributed by atoms with E-state index in [1.54, 1.807) is 20.8 Å². The summed E-state index contributed by atoms with van der Waals surface area (Å²) in [6, 6.07) is -0.288. The van der Waals surface area contributed by atoms with Gasteiger partial charge in [-0.1, -0.05) is 0 Å². The summed E-state index contributed by atoms with van der Waals surface area (Å²) in [5.74, 6) is 0. The number of aryl methyl sites for hydroxylation is 2. The second-order valence-electron chi connectivity index (χ2n) is 3.52. The Bertz CT molecular complexity index is 423. The van der Waals surface area contributed by atoms with Gasteiger partial charge in [-0.05, 0) is 20.8 Å². The third-order valence-electron chi connectivity index (χ3n) is 2.04. The van der Waals surface area contributed by atoms with Crippen LogP contribution in [0.4, 0.5) is 0 Å². The molecule has 1 atom stereocenters. The van der Waals surface area contributed by atoms with Gasteiger partial charge in [0.15, 0.2) is 0 Å². The summed E-state index contributed by atoms with van der Waals surface area (Å²) in [5.41, 5.74) is 6.35. The molecule has 0 unspecified atom stereocenters. The average molecular weight is 269 g/mol. The number of hydrogen-bond donors (Lipinski definition) is 3. The van der Waals surface area contributed by atoms with Crippen molar-refractivity contribution in [3.05, 3.63) is 11.4 Å². The van der Waals surface area contributed by atoms with Gasteiger partial charge < -0.3 is 5.73 Å². The molecular weight excluding hydrogens is 252 g/mol. The number of hydrogen-bond acceptors (Lipinski definition) is 4. The molecule has 1 aromatic heterocycles. The Morgan fingerprint density at radius 3 is 2.44 bits per heavy atom. The van der Waals surface area contributed by atoms with Gasteiger partial charge in [0.2, 0.25) is 10.0 Å². The van der Waals surface area contributed by atoms with Gasteiger partial charge >= 0.3 is 0 Å². The zero-order valence-electron chi connectivity index (χ0n) is 9.44. The molecule has 0 amide bonds. The normalized spacial score (nSPS) is 13.2. The van der Waals surface area contributed by atoms with Gasteiger partial charge in [-0.15, -0.1) is 12.4 Å². The molecule has 94 valence electrons. The molecule has 0 radical (unpaired) electrons. The maximum atomic E-state index is 11.9. The zero-order chi connectivity index (χ0) is 11.6. The Balaban J connectivity index is 0.00000225. The molecule has 0 aliphatic rings. The summed E-state index contributed by atoms with van der Waals surface area (Å²) in [6.07, 6.45) is 0. The Kier molecular flexibility index (Phi) is 5.40. The van der Waals surface area contributed by atoms with Crippen molar-refractivity contribution in [3.8, 4) is 0 Å². The van der Waals surface area contributed by atoms with Gasteiger partial charge in [-0.25, -0.2) is 13.1 Å². The van der Waals surface area contributed by atoms with Crippen LogP contribution in [0.1, 0.15) is 18.3 Å². The molecule has 0 saturated heterocycles. The van der Waals surface area contributed by atoms with Crippen molar-refractivity contribution in [2.45, 2.75) is 31.7 Å². The first kappa shape index (κ1) is 15.4. The quantitative estimate of drug-likeness (QED) is 0.719. The van der Waals surface area contributed by atoms with Crippen molar-refractivity contribution >= 4 is 22.4 Å². The molecular formula is C8H17ClN4O2S. The van der Waals surface area contributed by atoms with Gasteiger partial charge in [0.1, 0.15) is 4.90 Å². The van der Waals surface area contributed by atoms with Gasteiger partial charge in [-0.3, -0.25) is 5.10 Å². The minimum absolute atomic E-state index is 0. The molecule has 0 saturated carbocycles. The lowest BCUT2D eigenvalue weighted by atomic mass is 10.4. The van der Waals surface area contributed by atoms with Gasteiger partial charge in [-0.2, -0.15) is 5.10 Å². The van der Waals surface area contributed by atoms with Crippen molar-refractivity contribution in [3.63, 3.8) is 0 Å². The second kappa shape index (κ2) is 5.62. The fraction of sp³-hybridized carbons (Fsp3) is 0.625. The second-order valence-corrected chi connectivity index (χ2v) is 5.17. The maximum Gasteiger partial charge on any atom is 0.244 e. The van der Waals surface area contributed by atoms with Crippen LogP contribution in [0.3, 0.4) is 0 Å². The Labute approximate surface area is 101 Å². The number of sulfonamides is 1. The van der Waals surface area contributed by atoms with E-state index >= 15 is 0 Å². The van der Waals surface area contributed by atoms with Crippen LogP contribution in [-0.2, 0) is 10.0 Å². The minimum atomic E-state index is -3.51. The average Bonchev–Trinajstić information content (AvgIpc) is 2.45. The molecule has 0 spiro atoms. The highest BCUT2D eigenvalue weighted by molar-refractivity contribution is 7.89. The van der Waals surface area contributed by atoms with E-state index in [0.29, 0.717) is 11.4 Å². The molecule has 0 aliphatic heterocycles. The molecule has 4 N–H and O–H groups in total. The van der Waals surface area contributed by atoms with Crippen molar-refractivity contribution in [2.75, 3.05) is 6.54 Å². The van der Waals surface area contributed by atoms with Crippen molar-refractivity contribution < 1.29 is 8.42 Å². The van der Waals surface area contributed by atoms with Crippen molar-refractivity contribution in [1.29, 1.82) is 0 Å². The number of halogens is 1. The number of rotatable bonds is 4. The highest BCUT2D eigenvalue weighted by Crippen LogP contribution is 2.16. The molecule has 0 fully saturated rings. The molecule has 16 heavy (non-hydrogen) atoms. The lowest BCUT2D eigenvalue weighted by Crippen LogP contribution is -2.38. The van der Waals surface area contributed by atoms with E-state index in [-0.39, 0.29) is 29.9 Å². The number of nitrogens with one attached hydrogen (secondary N) is 2. The third-order valence-corrected chi connectivity index (χ3v) is 3.89. The van der Waals surface area contributed by atoms with E-state index in [1.807, 2.05) is 0 Å². The minimum Gasteiger partial charge on any atom is -0.329 e. The highest BCUT2D eigenvalue weighted by Gasteiger charge is 2.23. The fourth-order valence-corrected chi connectivity index (χ4v) is 2.94. The Morgan fingerprint density at radius 2 is 2.06 bits per heavy atom. The van der Waals surface area contributed by atoms with E-state index < -0.39 is 10.0 Å². The fourth-order valence-electron chi connectivity index (χ4n) is 1.31. The molecule has 0 aromatic carbocycles. The molecule has 6 nitrogen and oxygen atoms in total. The van der Waals surface area contributed by atoms with E-state index in [0.717, 1.165) is 0 Å². The van der Waals surface area contributed by atoms with Crippen molar-refractivity contribution in [1.82, 2.24) is 14.9 Å². The predicted molar refractivity (Wildman–Crippen MR) is 64.1 cm³/mol. The summed E-state index contributed by atoms with van der Waals surface area (Å²) < 4.78 is 26.2. The van der Waals surface area contributed by atoms with E-state index in [1.165, 1.54) is 0 Å². The first-order valence-corrected chi connectivity index (χ1v) is 6.10. The first-order valence-electron chi connectivity index (χ1n) is 4.62. The predicted octanol–water partition coefficient (Wildman–Crippen LogP) is 0.0738. The van der Waals surface area contributed by atoms with Gasteiger partial charge in [0, 0.05) is 12.6 Å². The smallest absolute Gasteiger partial charge is 0.244 e. The third kappa shape index (κ3) is 3.18. The molecule has 1 aromatic rings.